The highest BCUT2D eigenvalue weighted by atomic mass is 16.8. The molecule has 2 saturated heterocycles. The zero-order chi connectivity index (χ0) is 10.3. The van der Waals surface area contributed by atoms with E-state index in [1.165, 1.54) is 0 Å². The molecule has 80 valence electrons. The van der Waals surface area contributed by atoms with Crippen molar-refractivity contribution < 1.29 is 19.0 Å². The fourth-order valence-corrected chi connectivity index (χ4v) is 2.03. The van der Waals surface area contributed by atoms with E-state index in [4.69, 9.17) is 14.2 Å². The van der Waals surface area contributed by atoms with Crippen LogP contribution in [0.5, 0.6) is 0 Å². The van der Waals surface area contributed by atoms with Crippen LogP contribution in [-0.2, 0) is 19.0 Å². The van der Waals surface area contributed by atoms with Gasteiger partial charge in [0.2, 0.25) is 0 Å². The summed E-state index contributed by atoms with van der Waals surface area (Å²) < 4.78 is 16.3. The summed E-state index contributed by atoms with van der Waals surface area (Å²) in [5.41, 5.74) is 0. The fourth-order valence-electron chi connectivity index (χ4n) is 2.03. The van der Waals surface area contributed by atoms with Gasteiger partial charge in [-0.2, -0.15) is 0 Å². The Hall–Kier alpha value is -0.610. The molecular weight excluding hydrogens is 184 g/mol. The molecule has 2 heterocycles. The van der Waals surface area contributed by atoms with Crippen molar-refractivity contribution in [3.63, 3.8) is 0 Å². The van der Waals surface area contributed by atoms with Crippen LogP contribution in [-0.4, -0.2) is 30.1 Å². The molecule has 4 heteroatoms. The van der Waals surface area contributed by atoms with Crippen molar-refractivity contribution in [2.75, 3.05) is 0 Å². The van der Waals surface area contributed by atoms with Crippen LogP contribution in [0.3, 0.4) is 0 Å². The summed E-state index contributed by atoms with van der Waals surface area (Å²) in [5.74, 6) is -0.931. The number of esters is 1. The van der Waals surface area contributed by atoms with E-state index in [0.29, 0.717) is 0 Å². The molecular formula is C10H16O4. The van der Waals surface area contributed by atoms with Crippen molar-refractivity contribution in [1.29, 1.82) is 0 Å². The van der Waals surface area contributed by atoms with Gasteiger partial charge in [-0.15, -0.1) is 0 Å². The van der Waals surface area contributed by atoms with Crippen molar-refractivity contribution in [2.24, 2.45) is 0 Å². The van der Waals surface area contributed by atoms with Gasteiger partial charge in [0.1, 0.15) is 12.2 Å². The summed E-state index contributed by atoms with van der Waals surface area (Å²) in [6.45, 7) is 5.70. The SMILES string of the molecule is CCC[C@H]1OC(=O)[C@@H]2OC(C)(C)O[C@H]12. The zero-order valence-corrected chi connectivity index (χ0v) is 8.78. The van der Waals surface area contributed by atoms with Crippen LogP contribution in [0.1, 0.15) is 33.6 Å². The molecule has 0 aromatic heterocycles. The van der Waals surface area contributed by atoms with Gasteiger partial charge in [0, 0.05) is 0 Å². The monoisotopic (exact) mass is 200 g/mol. The lowest BCUT2D eigenvalue weighted by Crippen LogP contribution is -2.29. The minimum Gasteiger partial charge on any atom is -0.457 e. The van der Waals surface area contributed by atoms with E-state index >= 15 is 0 Å². The summed E-state index contributed by atoms with van der Waals surface area (Å²) in [7, 11) is 0. The standard InChI is InChI=1S/C10H16O4/c1-4-5-6-7-8(9(11)12-6)14-10(2,3)13-7/h6-8H,4-5H2,1-3H3/t6-,7-,8-/m1/s1. The molecule has 4 nitrogen and oxygen atoms in total. The number of fused-ring (bicyclic) bond motifs is 1. The predicted octanol–water partition coefficient (Wildman–Crippen LogP) is 1.23. The first-order valence-corrected chi connectivity index (χ1v) is 5.09. The molecule has 2 aliphatic heterocycles. The lowest BCUT2D eigenvalue weighted by Gasteiger charge is -2.20. The Morgan fingerprint density at radius 2 is 2.07 bits per heavy atom. The van der Waals surface area contributed by atoms with Crippen molar-refractivity contribution in [3.05, 3.63) is 0 Å². The van der Waals surface area contributed by atoms with Gasteiger partial charge in [0.05, 0.1) is 0 Å². The fraction of sp³-hybridized carbons (Fsp3) is 0.900. The molecule has 0 aliphatic carbocycles. The van der Waals surface area contributed by atoms with E-state index in [1.54, 1.807) is 0 Å². The van der Waals surface area contributed by atoms with E-state index in [9.17, 15) is 4.79 Å². The zero-order valence-electron chi connectivity index (χ0n) is 8.78. The van der Waals surface area contributed by atoms with Gasteiger partial charge in [-0.1, -0.05) is 13.3 Å². The van der Waals surface area contributed by atoms with E-state index in [0.717, 1.165) is 12.8 Å². The summed E-state index contributed by atoms with van der Waals surface area (Å²) in [6.07, 6.45) is 0.968. The third-order valence-corrected chi connectivity index (χ3v) is 2.57. The van der Waals surface area contributed by atoms with Gasteiger partial charge in [-0.3, -0.25) is 0 Å². The molecule has 0 spiro atoms. The van der Waals surface area contributed by atoms with Crippen molar-refractivity contribution in [1.82, 2.24) is 0 Å². The molecule has 0 unspecified atom stereocenters. The summed E-state index contributed by atoms with van der Waals surface area (Å²) in [5, 5.41) is 0. The lowest BCUT2D eigenvalue weighted by atomic mass is 10.1. The van der Waals surface area contributed by atoms with Crippen molar-refractivity contribution in [2.45, 2.75) is 57.7 Å². The first kappa shape index (κ1) is 9.93. The molecule has 0 saturated carbocycles. The van der Waals surface area contributed by atoms with Crippen LogP contribution >= 0.6 is 0 Å². The molecule has 14 heavy (non-hydrogen) atoms. The second-order valence-corrected chi connectivity index (χ2v) is 4.28. The van der Waals surface area contributed by atoms with Crippen LogP contribution in [0, 0.1) is 0 Å². The van der Waals surface area contributed by atoms with Crippen LogP contribution in [0.15, 0.2) is 0 Å². The maximum Gasteiger partial charge on any atom is 0.338 e. The lowest BCUT2D eigenvalue weighted by molar-refractivity contribution is -0.187. The maximum atomic E-state index is 11.4. The average molecular weight is 200 g/mol. The highest BCUT2D eigenvalue weighted by molar-refractivity contribution is 5.78. The first-order valence-electron chi connectivity index (χ1n) is 5.09. The minimum atomic E-state index is -0.652. The quantitative estimate of drug-likeness (QED) is 0.629. The Morgan fingerprint density at radius 1 is 1.36 bits per heavy atom. The molecule has 3 atom stereocenters. The van der Waals surface area contributed by atoms with Crippen molar-refractivity contribution >= 4 is 5.97 Å². The van der Waals surface area contributed by atoms with E-state index in [-0.39, 0.29) is 18.2 Å². The summed E-state index contributed by atoms with van der Waals surface area (Å²) in [4.78, 5) is 11.4. The van der Waals surface area contributed by atoms with Crippen LogP contribution in [0.4, 0.5) is 0 Å². The van der Waals surface area contributed by atoms with Gasteiger partial charge in [0.25, 0.3) is 0 Å². The highest BCUT2D eigenvalue weighted by Gasteiger charge is 2.55. The number of carbonyl (C=O) groups excluding carboxylic acids is 1. The van der Waals surface area contributed by atoms with E-state index < -0.39 is 11.9 Å². The van der Waals surface area contributed by atoms with Gasteiger partial charge in [-0.25, -0.2) is 4.79 Å². The topological polar surface area (TPSA) is 44.8 Å². The molecule has 2 aliphatic rings. The number of carbonyl (C=O) groups is 1. The third-order valence-electron chi connectivity index (χ3n) is 2.57. The molecule has 0 bridgehead atoms. The second-order valence-electron chi connectivity index (χ2n) is 4.28. The number of rotatable bonds is 2. The van der Waals surface area contributed by atoms with Crippen molar-refractivity contribution in [3.8, 4) is 0 Å². The molecule has 0 aromatic rings. The van der Waals surface area contributed by atoms with E-state index in [1.807, 2.05) is 13.8 Å². The van der Waals surface area contributed by atoms with Crippen LogP contribution < -0.4 is 0 Å². The van der Waals surface area contributed by atoms with Gasteiger partial charge < -0.3 is 14.2 Å². The van der Waals surface area contributed by atoms with Gasteiger partial charge in [0.15, 0.2) is 11.9 Å². The van der Waals surface area contributed by atoms with Crippen LogP contribution in [0.2, 0.25) is 0 Å². The molecule has 2 fully saturated rings. The van der Waals surface area contributed by atoms with Gasteiger partial charge >= 0.3 is 5.97 Å². The molecule has 0 aromatic carbocycles. The Labute approximate surface area is 83.5 Å². The molecule has 0 N–H and O–H groups in total. The van der Waals surface area contributed by atoms with E-state index in [2.05, 4.69) is 6.92 Å². The first-order chi connectivity index (χ1) is 6.53. The Kier molecular flexibility index (Phi) is 2.27. The maximum absolute atomic E-state index is 11.4. The number of ether oxygens (including phenoxy) is 3. The molecule has 0 amide bonds. The number of cyclic esters (lactones) is 1. The summed E-state index contributed by atoms with van der Waals surface area (Å²) >= 11 is 0. The Bertz CT molecular complexity index is 249. The smallest absolute Gasteiger partial charge is 0.338 e. The minimum absolute atomic E-state index is 0.126. The Balaban J connectivity index is 2.11. The predicted molar refractivity (Wildman–Crippen MR) is 48.6 cm³/mol. The molecule has 2 rings (SSSR count). The average Bonchev–Trinajstić information content (AvgIpc) is 2.51. The second kappa shape index (κ2) is 3.21. The molecule has 0 radical (unpaired) electrons. The highest BCUT2D eigenvalue weighted by Crippen LogP contribution is 2.37. The number of hydrogen-bond donors (Lipinski definition) is 0. The third kappa shape index (κ3) is 1.53. The summed E-state index contributed by atoms with van der Waals surface area (Å²) in [6, 6.07) is 0. The van der Waals surface area contributed by atoms with Gasteiger partial charge in [-0.05, 0) is 20.3 Å². The Morgan fingerprint density at radius 3 is 2.71 bits per heavy atom. The van der Waals surface area contributed by atoms with Crippen LogP contribution in [0.25, 0.3) is 0 Å². The number of hydrogen-bond acceptors (Lipinski definition) is 4. The largest absolute Gasteiger partial charge is 0.457 e. The normalized spacial score (nSPS) is 39.6.